The van der Waals surface area contributed by atoms with Crippen LogP contribution in [-0.4, -0.2) is 56.8 Å². The lowest BCUT2D eigenvalue weighted by molar-refractivity contribution is 0.249. The predicted octanol–water partition coefficient (Wildman–Crippen LogP) is 4.71. The molecule has 5 rings (SSSR count). The Kier molecular flexibility index (Phi) is 6.69. The molecule has 33 heavy (non-hydrogen) atoms. The largest absolute Gasteiger partial charge is 0.493 e. The van der Waals surface area contributed by atoms with Crippen molar-refractivity contribution in [2.24, 2.45) is 5.73 Å². The van der Waals surface area contributed by atoms with E-state index in [-0.39, 0.29) is 6.03 Å². The first-order valence-corrected chi connectivity index (χ1v) is 12.8. The highest BCUT2D eigenvalue weighted by Gasteiger charge is 2.20. The molecule has 2 N–H and O–H groups in total. The lowest BCUT2D eigenvalue weighted by Crippen LogP contribution is -2.46. The molecule has 0 saturated carbocycles. The number of fused-ring (bicyclic) bond motifs is 2. The highest BCUT2D eigenvalue weighted by molar-refractivity contribution is 7.17. The molecule has 3 heterocycles. The number of urea groups is 1. The molecule has 1 saturated heterocycles. The summed E-state index contributed by atoms with van der Waals surface area (Å²) < 4.78 is 6.94. The molecular weight excluding hydrogens is 432 g/mol. The second kappa shape index (κ2) is 10.0. The van der Waals surface area contributed by atoms with Gasteiger partial charge in [-0.2, -0.15) is 0 Å². The summed E-state index contributed by atoms with van der Waals surface area (Å²) in [5.74, 6) is 1.06. The zero-order valence-corrected chi connectivity index (χ0v) is 19.9. The number of unbranched alkanes of at least 4 members (excludes halogenated alkanes) is 1. The molecule has 2 aliphatic heterocycles. The molecule has 2 aromatic carbocycles. The topological polar surface area (TPSA) is 62.0 Å². The molecule has 2 amide bonds. The number of primary amides is 1. The molecular formula is C26H32N4O2S. The quantitative estimate of drug-likeness (QED) is 0.514. The fraction of sp³-hybridized carbons (Fsp3) is 0.423. The van der Waals surface area contributed by atoms with Crippen molar-refractivity contribution in [3.05, 3.63) is 53.4 Å². The van der Waals surface area contributed by atoms with Crippen LogP contribution in [0.15, 0.2) is 47.8 Å². The molecule has 0 bridgehead atoms. The molecule has 0 atom stereocenters. The third-order valence-corrected chi connectivity index (χ3v) is 7.70. The van der Waals surface area contributed by atoms with Crippen LogP contribution in [0, 0.1) is 0 Å². The van der Waals surface area contributed by atoms with E-state index in [1.165, 1.54) is 16.0 Å². The van der Waals surface area contributed by atoms with Crippen molar-refractivity contribution >= 4 is 38.8 Å². The van der Waals surface area contributed by atoms with Crippen LogP contribution in [0.2, 0.25) is 0 Å². The van der Waals surface area contributed by atoms with Gasteiger partial charge in [0.05, 0.1) is 12.3 Å². The van der Waals surface area contributed by atoms with Gasteiger partial charge in [0, 0.05) is 53.9 Å². The van der Waals surface area contributed by atoms with Crippen molar-refractivity contribution in [1.29, 1.82) is 0 Å². The Balaban J connectivity index is 1.09. The molecule has 0 radical (unpaired) electrons. The van der Waals surface area contributed by atoms with Crippen LogP contribution in [0.25, 0.3) is 10.1 Å². The van der Waals surface area contributed by atoms with E-state index in [0.717, 1.165) is 81.8 Å². The van der Waals surface area contributed by atoms with Gasteiger partial charge in [-0.25, -0.2) is 4.79 Å². The van der Waals surface area contributed by atoms with E-state index in [2.05, 4.69) is 40.1 Å². The monoisotopic (exact) mass is 464 g/mol. The summed E-state index contributed by atoms with van der Waals surface area (Å²) in [4.78, 5) is 18.9. The maximum atomic E-state index is 12.1. The average molecular weight is 465 g/mol. The molecule has 0 spiro atoms. The van der Waals surface area contributed by atoms with Crippen molar-refractivity contribution in [3.63, 3.8) is 0 Å². The number of piperazine rings is 1. The van der Waals surface area contributed by atoms with Crippen LogP contribution in [0.1, 0.15) is 24.8 Å². The van der Waals surface area contributed by atoms with Crippen LogP contribution < -0.4 is 20.3 Å². The molecule has 7 heteroatoms. The van der Waals surface area contributed by atoms with Gasteiger partial charge < -0.3 is 15.4 Å². The summed E-state index contributed by atoms with van der Waals surface area (Å²) in [6.07, 6.45) is 4.23. The number of thiophene rings is 1. The Labute approximate surface area is 199 Å². The van der Waals surface area contributed by atoms with Gasteiger partial charge in [0.2, 0.25) is 0 Å². The predicted molar refractivity (Wildman–Crippen MR) is 137 cm³/mol. The first-order chi connectivity index (χ1) is 16.2. The van der Waals surface area contributed by atoms with Crippen molar-refractivity contribution in [1.82, 2.24) is 4.90 Å². The van der Waals surface area contributed by atoms with E-state index in [0.29, 0.717) is 6.54 Å². The number of ether oxygens (including phenoxy) is 1. The smallest absolute Gasteiger partial charge is 0.319 e. The number of carbonyl (C=O) groups is 1. The molecule has 6 nitrogen and oxygen atoms in total. The fourth-order valence-corrected chi connectivity index (χ4v) is 5.85. The van der Waals surface area contributed by atoms with Crippen LogP contribution in [0.4, 0.5) is 16.2 Å². The van der Waals surface area contributed by atoms with E-state index in [9.17, 15) is 4.79 Å². The number of benzene rings is 2. The molecule has 0 aliphatic carbocycles. The zero-order chi connectivity index (χ0) is 22.6. The van der Waals surface area contributed by atoms with Gasteiger partial charge in [0.25, 0.3) is 0 Å². The van der Waals surface area contributed by atoms with Gasteiger partial charge >= 0.3 is 6.03 Å². The van der Waals surface area contributed by atoms with Gasteiger partial charge in [-0.15, -0.1) is 11.3 Å². The highest BCUT2D eigenvalue weighted by atomic mass is 32.1. The number of hydrogen-bond acceptors (Lipinski definition) is 5. The van der Waals surface area contributed by atoms with E-state index >= 15 is 0 Å². The van der Waals surface area contributed by atoms with Gasteiger partial charge in [-0.05, 0) is 62.1 Å². The number of hydrogen-bond donors (Lipinski definition) is 1. The Morgan fingerprint density at radius 1 is 1.09 bits per heavy atom. The zero-order valence-electron chi connectivity index (χ0n) is 19.0. The van der Waals surface area contributed by atoms with E-state index in [1.54, 1.807) is 16.2 Å². The van der Waals surface area contributed by atoms with Gasteiger partial charge in [0.15, 0.2) is 0 Å². The van der Waals surface area contributed by atoms with Crippen LogP contribution in [-0.2, 0) is 6.42 Å². The SMILES string of the molecule is NC(=O)N(CCCCN1CCN(c2ccc3c(c2)CCCO3)CC1)c1csc2ccccc12. The minimum atomic E-state index is -0.373. The van der Waals surface area contributed by atoms with Gasteiger partial charge in [-0.3, -0.25) is 9.80 Å². The lowest BCUT2D eigenvalue weighted by atomic mass is 10.0. The molecule has 1 aromatic heterocycles. The van der Waals surface area contributed by atoms with Crippen LogP contribution in [0.5, 0.6) is 5.75 Å². The number of nitrogens with zero attached hydrogens (tertiary/aromatic N) is 3. The number of rotatable bonds is 7. The van der Waals surface area contributed by atoms with Gasteiger partial charge in [0.1, 0.15) is 5.75 Å². The number of amides is 2. The number of carbonyl (C=O) groups excluding carboxylic acids is 1. The molecule has 174 valence electrons. The molecule has 0 unspecified atom stereocenters. The van der Waals surface area contributed by atoms with Crippen molar-refractivity contribution < 1.29 is 9.53 Å². The Morgan fingerprint density at radius 3 is 2.79 bits per heavy atom. The molecule has 2 aliphatic rings. The number of nitrogens with two attached hydrogens (primary N) is 1. The third-order valence-electron chi connectivity index (χ3n) is 6.75. The Bertz CT molecular complexity index is 1110. The van der Waals surface area contributed by atoms with E-state index in [1.807, 2.05) is 17.5 Å². The highest BCUT2D eigenvalue weighted by Crippen LogP contribution is 2.33. The lowest BCUT2D eigenvalue weighted by Gasteiger charge is -2.36. The third kappa shape index (κ3) is 4.94. The number of anilines is 2. The first-order valence-electron chi connectivity index (χ1n) is 12.0. The molecule has 3 aromatic rings. The summed E-state index contributed by atoms with van der Waals surface area (Å²) in [5, 5.41) is 3.15. The second-order valence-electron chi connectivity index (χ2n) is 8.89. The maximum absolute atomic E-state index is 12.1. The second-order valence-corrected chi connectivity index (χ2v) is 9.80. The summed E-state index contributed by atoms with van der Waals surface area (Å²) in [7, 11) is 0. The van der Waals surface area contributed by atoms with E-state index < -0.39 is 0 Å². The van der Waals surface area contributed by atoms with Gasteiger partial charge in [-0.1, -0.05) is 18.2 Å². The van der Waals surface area contributed by atoms with Crippen molar-refractivity contribution in [3.8, 4) is 5.75 Å². The summed E-state index contributed by atoms with van der Waals surface area (Å²) in [6.45, 7) is 6.80. The summed E-state index contributed by atoms with van der Waals surface area (Å²) >= 11 is 1.66. The minimum absolute atomic E-state index is 0.373. The van der Waals surface area contributed by atoms with Crippen LogP contribution in [0.3, 0.4) is 0 Å². The molecule has 1 fully saturated rings. The summed E-state index contributed by atoms with van der Waals surface area (Å²) in [5.41, 5.74) is 9.33. The minimum Gasteiger partial charge on any atom is -0.493 e. The van der Waals surface area contributed by atoms with E-state index in [4.69, 9.17) is 10.5 Å². The fourth-order valence-electron chi connectivity index (χ4n) is 4.90. The Hall–Kier alpha value is -2.77. The summed E-state index contributed by atoms with van der Waals surface area (Å²) in [6, 6.07) is 14.5. The normalized spacial score (nSPS) is 16.4. The van der Waals surface area contributed by atoms with Crippen molar-refractivity contribution in [2.75, 3.05) is 55.7 Å². The van der Waals surface area contributed by atoms with Crippen LogP contribution >= 0.6 is 11.3 Å². The number of aryl methyl sites for hydroxylation is 1. The van der Waals surface area contributed by atoms with Crippen molar-refractivity contribution in [2.45, 2.75) is 25.7 Å². The standard InChI is InChI=1S/C26H32N4O2S/c27-26(31)30(23-19-33-25-8-2-1-7-22(23)25)12-4-3-11-28-13-15-29(16-14-28)21-9-10-24-20(18-21)6-5-17-32-24/h1-2,7-10,18-19H,3-6,11-17H2,(H2,27,31). The Morgan fingerprint density at radius 2 is 1.94 bits per heavy atom. The average Bonchev–Trinajstić information content (AvgIpc) is 3.28. The first kappa shape index (κ1) is 22.0. The maximum Gasteiger partial charge on any atom is 0.319 e.